The summed E-state index contributed by atoms with van der Waals surface area (Å²) in [5, 5.41) is 0.279. The van der Waals surface area contributed by atoms with Crippen molar-refractivity contribution in [1.29, 1.82) is 0 Å². The molecule has 6 nitrogen and oxygen atoms in total. The van der Waals surface area contributed by atoms with Crippen molar-refractivity contribution in [1.82, 2.24) is 9.55 Å². The van der Waals surface area contributed by atoms with Crippen LogP contribution in [0.4, 0.5) is 5.69 Å². The Balaban J connectivity index is 1.87. The fraction of sp³-hybridized carbons (Fsp3) is 0.273. The molecular weight excluding hydrogens is 422 g/mol. The molecule has 0 spiro atoms. The summed E-state index contributed by atoms with van der Waals surface area (Å²) in [6.07, 6.45) is 2.55. The van der Waals surface area contributed by atoms with E-state index in [2.05, 4.69) is 4.98 Å². The van der Waals surface area contributed by atoms with Crippen LogP contribution in [-0.2, 0) is 16.4 Å². The summed E-state index contributed by atoms with van der Waals surface area (Å²) in [6, 6.07) is 13.4. The zero-order valence-electron chi connectivity index (χ0n) is 16.8. The van der Waals surface area contributed by atoms with E-state index >= 15 is 0 Å². The highest BCUT2D eigenvalue weighted by molar-refractivity contribution is 7.92. The lowest BCUT2D eigenvalue weighted by molar-refractivity contribution is 0.589. The Morgan fingerprint density at radius 1 is 1.00 bits per heavy atom. The molecule has 1 aromatic heterocycles. The molecule has 156 valence electrons. The van der Waals surface area contributed by atoms with Gasteiger partial charge in [-0.1, -0.05) is 29.8 Å². The third kappa shape index (κ3) is 3.63. The zero-order valence-corrected chi connectivity index (χ0v) is 18.4. The summed E-state index contributed by atoms with van der Waals surface area (Å²) in [4.78, 5) is 17.0. The minimum atomic E-state index is -3.84. The van der Waals surface area contributed by atoms with Gasteiger partial charge in [0.1, 0.15) is 5.82 Å². The molecule has 2 aromatic carbocycles. The second-order valence-corrected chi connectivity index (χ2v) is 9.66. The van der Waals surface area contributed by atoms with Crippen molar-refractivity contribution in [3.05, 3.63) is 81.0 Å². The number of fused-ring (bicyclic) bond motifs is 1. The summed E-state index contributed by atoms with van der Waals surface area (Å²) < 4.78 is 30.0. The van der Waals surface area contributed by atoms with E-state index in [9.17, 15) is 13.2 Å². The molecule has 1 aliphatic heterocycles. The third-order valence-electron chi connectivity index (χ3n) is 5.28. The maximum absolute atomic E-state index is 13.6. The third-order valence-corrected chi connectivity index (χ3v) is 7.41. The van der Waals surface area contributed by atoms with E-state index in [0.717, 1.165) is 24.8 Å². The first kappa shape index (κ1) is 20.6. The van der Waals surface area contributed by atoms with Crippen LogP contribution in [0.2, 0.25) is 5.02 Å². The van der Waals surface area contributed by atoms with Crippen LogP contribution < -0.4 is 9.86 Å². The topological polar surface area (TPSA) is 72.3 Å². The van der Waals surface area contributed by atoms with Gasteiger partial charge in [-0.2, -0.15) is 0 Å². The number of para-hydroxylation sites is 1. The predicted molar refractivity (Wildman–Crippen MR) is 118 cm³/mol. The number of rotatable bonds is 3. The van der Waals surface area contributed by atoms with Crippen molar-refractivity contribution in [3.8, 4) is 5.69 Å². The van der Waals surface area contributed by atoms with Crippen molar-refractivity contribution >= 4 is 27.3 Å². The minimum absolute atomic E-state index is 0.0884. The van der Waals surface area contributed by atoms with Crippen LogP contribution in [0.15, 0.2) is 58.2 Å². The van der Waals surface area contributed by atoms with Crippen LogP contribution in [0, 0.1) is 13.8 Å². The molecule has 0 atom stereocenters. The van der Waals surface area contributed by atoms with E-state index in [1.165, 1.54) is 33.1 Å². The number of aromatic nitrogens is 2. The summed E-state index contributed by atoms with van der Waals surface area (Å²) in [5.41, 5.74) is 2.31. The molecule has 1 aliphatic rings. The van der Waals surface area contributed by atoms with Crippen molar-refractivity contribution < 1.29 is 8.42 Å². The van der Waals surface area contributed by atoms with E-state index in [1.54, 1.807) is 13.8 Å². The van der Waals surface area contributed by atoms with Gasteiger partial charge in [0.2, 0.25) is 0 Å². The molecule has 8 heteroatoms. The fourth-order valence-electron chi connectivity index (χ4n) is 3.89. The average molecular weight is 444 g/mol. The Morgan fingerprint density at radius 3 is 2.53 bits per heavy atom. The average Bonchev–Trinajstić information content (AvgIpc) is 2.91. The largest absolute Gasteiger partial charge is 0.269 e. The van der Waals surface area contributed by atoms with Gasteiger partial charge in [-0.05, 0) is 62.9 Å². The lowest BCUT2D eigenvalue weighted by atomic mass is 10.1. The molecule has 3 aromatic rings. The molecule has 0 unspecified atom stereocenters. The highest BCUT2D eigenvalue weighted by atomic mass is 35.5. The Labute approximate surface area is 180 Å². The minimum Gasteiger partial charge on any atom is -0.269 e. The van der Waals surface area contributed by atoms with Gasteiger partial charge in [-0.15, -0.1) is 0 Å². The summed E-state index contributed by atoms with van der Waals surface area (Å²) in [5.74, 6) is 0.441. The number of sulfonamides is 1. The van der Waals surface area contributed by atoms with E-state index in [-0.39, 0.29) is 15.5 Å². The molecular formula is C22H22ClN3O3S. The number of aryl methyl sites for hydroxylation is 3. The van der Waals surface area contributed by atoms with Crippen molar-refractivity contribution in [2.75, 3.05) is 10.8 Å². The molecule has 2 heterocycles. The van der Waals surface area contributed by atoms with Crippen LogP contribution in [-0.4, -0.2) is 24.5 Å². The zero-order chi connectivity index (χ0) is 21.5. The molecule has 0 aliphatic carbocycles. The van der Waals surface area contributed by atoms with Gasteiger partial charge < -0.3 is 0 Å². The van der Waals surface area contributed by atoms with Crippen LogP contribution >= 0.6 is 11.6 Å². The van der Waals surface area contributed by atoms with E-state index in [1.807, 2.05) is 24.3 Å². The Morgan fingerprint density at radius 2 is 1.77 bits per heavy atom. The molecule has 4 rings (SSSR count). The van der Waals surface area contributed by atoms with Crippen LogP contribution in [0.1, 0.15) is 29.9 Å². The molecule has 30 heavy (non-hydrogen) atoms. The number of hydrogen-bond acceptors (Lipinski definition) is 4. The molecule has 0 bridgehead atoms. The standard InChI is InChI=1S/C22H22ClN3O3S/c1-15-13-22(27)26(16(2)24-15)21-14-18(10-11-19(21)23)30(28,29)25-12-6-5-8-17-7-3-4-9-20(17)25/h3-4,7,9-11,13-14H,5-6,8,12H2,1-2H3. The monoisotopic (exact) mass is 443 g/mol. The summed E-state index contributed by atoms with van der Waals surface area (Å²) in [7, 11) is -3.84. The Hall–Kier alpha value is -2.64. The maximum atomic E-state index is 13.6. The maximum Gasteiger partial charge on any atom is 0.264 e. The fourth-order valence-corrected chi connectivity index (χ4v) is 5.65. The Kier molecular flexibility index (Phi) is 5.42. The van der Waals surface area contributed by atoms with Gasteiger partial charge in [-0.3, -0.25) is 13.7 Å². The normalized spacial score (nSPS) is 14.3. The second kappa shape index (κ2) is 7.89. The van der Waals surface area contributed by atoms with Gasteiger partial charge in [0.15, 0.2) is 0 Å². The van der Waals surface area contributed by atoms with Crippen LogP contribution in [0.5, 0.6) is 0 Å². The lowest BCUT2D eigenvalue weighted by Gasteiger charge is -2.25. The smallest absolute Gasteiger partial charge is 0.264 e. The lowest BCUT2D eigenvalue weighted by Crippen LogP contribution is -2.32. The first-order chi connectivity index (χ1) is 14.3. The highest BCUT2D eigenvalue weighted by Gasteiger charge is 2.28. The van der Waals surface area contributed by atoms with E-state index in [0.29, 0.717) is 29.4 Å². The summed E-state index contributed by atoms with van der Waals surface area (Å²) in [6.45, 7) is 3.83. The predicted octanol–water partition coefficient (Wildman–Crippen LogP) is 4.03. The van der Waals surface area contributed by atoms with Gasteiger partial charge in [0, 0.05) is 18.3 Å². The van der Waals surface area contributed by atoms with Crippen LogP contribution in [0.25, 0.3) is 5.69 Å². The number of halogens is 1. The number of hydrogen-bond donors (Lipinski definition) is 0. The SMILES string of the molecule is Cc1cc(=O)n(-c2cc(S(=O)(=O)N3CCCCc4ccccc43)ccc2Cl)c(C)n1. The van der Waals surface area contributed by atoms with Gasteiger partial charge >= 0.3 is 0 Å². The Bertz CT molecular complexity index is 1290. The van der Waals surface area contributed by atoms with Crippen LogP contribution in [0.3, 0.4) is 0 Å². The first-order valence-corrected chi connectivity index (χ1v) is 11.6. The van der Waals surface area contributed by atoms with Gasteiger partial charge in [-0.25, -0.2) is 13.4 Å². The van der Waals surface area contributed by atoms with Crippen molar-refractivity contribution in [2.45, 2.75) is 38.0 Å². The second-order valence-electron chi connectivity index (χ2n) is 7.39. The van der Waals surface area contributed by atoms with E-state index in [4.69, 9.17) is 11.6 Å². The molecule has 0 radical (unpaired) electrons. The molecule has 0 amide bonds. The highest BCUT2D eigenvalue weighted by Crippen LogP contribution is 2.33. The van der Waals surface area contributed by atoms with Crippen molar-refractivity contribution in [2.24, 2.45) is 0 Å². The summed E-state index contributed by atoms with van der Waals surface area (Å²) >= 11 is 6.36. The number of anilines is 1. The van der Waals surface area contributed by atoms with Gasteiger partial charge in [0.05, 0.1) is 21.3 Å². The molecule has 0 N–H and O–H groups in total. The van der Waals surface area contributed by atoms with Gasteiger partial charge in [0.25, 0.3) is 15.6 Å². The molecule has 0 saturated heterocycles. The number of benzene rings is 2. The molecule has 0 fully saturated rings. The number of nitrogens with zero attached hydrogens (tertiary/aromatic N) is 3. The first-order valence-electron chi connectivity index (χ1n) is 9.77. The quantitative estimate of drug-likeness (QED) is 0.612. The van der Waals surface area contributed by atoms with E-state index < -0.39 is 10.0 Å². The molecule has 0 saturated carbocycles. The van der Waals surface area contributed by atoms with Crippen molar-refractivity contribution in [3.63, 3.8) is 0 Å².